The van der Waals surface area contributed by atoms with Crippen molar-refractivity contribution in [3.8, 4) is 11.4 Å². The van der Waals surface area contributed by atoms with Crippen molar-refractivity contribution in [1.82, 2.24) is 9.97 Å². The van der Waals surface area contributed by atoms with Crippen molar-refractivity contribution >= 4 is 55.2 Å². The molecule has 0 fully saturated rings. The summed E-state index contributed by atoms with van der Waals surface area (Å²) >= 11 is 2.34. The number of nitrogens with one attached hydrogen (secondary N) is 1. The molecule has 1 heterocycles. The number of benzene rings is 4. The Morgan fingerprint density at radius 1 is 0.708 bits per heavy atom. The van der Waals surface area contributed by atoms with Gasteiger partial charge in [0.15, 0.2) is 0 Å². The van der Waals surface area contributed by atoms with Crippen LogP contribution in [0.4, 0.5) is 0 Å². The zero-order chi connectivity index (χ0) is 16.1. The van der Waals surface area contributed by atoms with Gasteiger partial charge in [0.05, 0.1) is 11.0 Å². The third-order valence-corrected chi connectivity index (χ3v) is 5.14. The number of nitrogens with zero attached hydrogens (tertiary/aromatic N) is 1. The molecule has 0 saturated heterocycles. The molecule has 4 aromatic carbocycles. The van der Waals surface area contributed by atoms with Gasteiger partial charge < -0.3 is 4.98 Å². The Kier molecular flexibility index (Phi) is 3.10. The highest BCUT2D eigenvalue weighted by Crippen LogP contribution is 2.35. The smallest absolute Gasteiger partial charge is 0.138 e. The fourth-order valence-corrected chi connectivity index (χ4v) is 3.94. The van der Waals surface area contributed by atoms with Gasteiger partial charge in [-0.3, -0.25) is 0 Å². The van der Waals surface area contributed by atoms with Gasteiger partial charge in [-0.1, -0.05) is 60.7 Å². The van der Waals surface area contributed by atoms with Crippen molar-refractivity contribution in [3.63, 3.8) is 0 Å². The average molecular weight is 420 g/mol. The summed E-state index contributed by atoms with van der Waals surface area (Å²) in [5, 5.41) is 4.93. The fourth-order valence-electron chi connectivity index (χ4n) is 3.40. The van der Waals surface area contributed by atoms with Crippen molar-refractivity contribution in [2.75, 3.05) is 0 Å². The number of aromatic amines is 1. The van der Waals surface area contributed by atoms with Gasteiger partial charge in [-0.2, -0.15) is 0 Å². The van der Waals surface area contributed by atoms with Gasteiger partial charge in [0, 0.05) is 19.9 Å². The molecule has 0 atom stereocenters. The van der Waals surface area contributed by atoms with Crippen molar-refractivity contribution in [2.45, 2.75) is 0 Å². The van der Waals surface area contributed by atoms with Crippen LogP contribution >= 0.6 is 22.6 Å². The molecule has 0 spiro atoms. The lowest BCUT2D eigenvalue weighted by Gasteiger charge is -2.05. The van der Waals surface area contributed by atoms with E-state index in [0.717, 1.165) is 22.4 Å². The second-order valence-electron chi connectivity index (χ2n) is 5.91. The molecule has 1 N–H and O–H groups in total. The molecular weight excluding hydrogens is 407 g/mol. The van der Waals surface area contributed by atoms with Crippen molar-refractivity contribution in [2.24, 2.45) is 0 Å². The maximum absolute atomic E-state index is 4.94. The van der Waals surface area contributed by atoms with Gasteiger partial charge in [-0.15, -0.1) is 0 Å². The molecule has 5 rings (SSSR count). The second-order valence-corrected chi connectivity index (χ2v) is 7.16. The number of halogens is 1. The van der Waals surface area contributed by atoms with Crippen LogP contribution < -0.4 is 0 Å². The van der Waals surface area contributed by atoms with Crippen LogP contribution in [0.3, 0.4) is 0 Å². The lowest BCUT2D eigenvalue weighted by Crippen LogP contribution is -1.81. The lowest BCUT2D eigenvalue weighted by atomic mass is 10.0. The van der Waals surface area contributed by atoms with E-state index in [4.69, 9.17) is 4.98 Å². The first-order valence-corrected chi connectivity index (χ1v) is 8.94. The van der Waals surface area contributed by atoms with Crippen LogP contribution in [0.15, 0.2) is 72.8 Å². The zero-order valence-electron chi connectivity index (χ0n) is 12.8. The lowest BCUT2D eigenvalue weighted by molar-refractivity contribution is 1.34. The Morgan fingerprint density at radius 2 is 1.38 bits per heavy atom. The zero-order valence-corrected chi connectivity index (χ0v) is 14.9. The predicted molar refractivity (Wildman–Crippen MR) is 109 cm³/mol. The number of H-pyrrole nitrogens is 1. The maximum Gasteiger partial charge on any atom is 0.138 e. The predicted octanol–water partition coefficient (Wildman–Crippen LogP) is 6.14. The minimum absolute atomic E-state index is 0.921. The van der Waals surface area contributed by atoms with E-state index in [1.54, 1.807) is 0 Å². The third kappa shape index (κ3) is 2.04. The van der Waals surface area contributed by atoms with Crippen LogP contribution in [-0.4, -0.2) is 9.97 Å². The third-order valence-electron chi connectivity index (χ3n) is 4.47. The summed E-state index contributed by atoms with van der Waals surface area (Å²) in [5.41, 5.74) is 3.27. The molecule has 0 amide bonds. The number of rotatable bonds is 1. The maximum atomic E-state index is 4.94. The highest BCUT2D eigenvalue weighted by Gasteiger charge is 2.13. The summed E-state index contributed by atoms with van der Waals surface area (Å²) in [5.74, 6) is 0.921. The van der Waals surface area contributed by atoms with E-state index in [9.17, 15) is 0 Å². The highest BCUT2D eigenvalue weighted by atomic mass is 127. The minimum atomic E-state index is 0.921. The summed E-state index contributed by atoms with van der Waals surface area (Å²) in [6.45, 7) is 0. The summed E-state index contributed by atoms with van der Waals surface area (Å²) in [4.78, 5) is 8.50. The standard InChI is InChI=1S/C21H13IN2/c22-14-7-5-6-13(12-14)21-23-19-17-10-3-1-8-15(17)16-9-2-4-11-18(16)20(19)24-21/h1-12H,(H,23,24). The molecule has 24 heavy (non-hydrogen) atoms. The van der Waals surface area contributed by atoms with Crippen LogP contribution in [0.1, 0.15) is 0 Å². The molecule has 0 saturated carbocycles. The van der Waals surface area contributed by atoms with Crippen LogP contribution in [-0.2, 0) is 0 Å². The summed E-state index contributed by atoms with van der Waals surface area (Å²) in [7, 11) is 0. The van der Waals surface area contributed by atoms with Crippen molar-refractivity contribution in [3.05, 3.63) is 76.4 Å². The minimum Gasteiger partial charge on any atom is -0.337 e. The van der Waals surface area contributed by atoms with E-state index in [1.807, 2.05) is 0 Å². The van der Waals surface area contributed by atoms with Crippen molar-refractivity contribution in [1.29, 1.82) is 0 Å². The van der Waals surface area contributed by atoms with E-state index in [2.05, 4.69) is 100 Å². The van der Waals surface area contributed by atoms with Crippen LogP contribution in [0.25, 0.3) is 44.0 Å². The van der Waals surface area contributed by atoms with Gasteiger partial charge >= 0.3 is 0 Å². The highest BCUT2D eigenvalue weighted by molar-refractivity contribution is 14.1. The Balaban J connectivity index is 1.95. The average Bonchev–Trinajstić information content (AvgIpc) is 3.08. The van der Waals surface area contributed by atoms with E-state index < -0.39 is 0 Å². The molecule has 0 aliphatic heterocycles. The Morgan fingerprint density at radius 3 is 2.12 bits per heavy atom. The van der Waals surface area contributed by atoms with Crippen molar-refractivity contribution < 1.29 is 0 Å². The first-order valence-electron chi connectivity index (χ1n) is 7.86. The molecule has 0 bridgehead atoms. The summed E-state index contributed by atoms with van der Waals surface area (Å²) in [6, 6.07) is 25.5. The molecule has 3 heteroatoms. The van der Waals surface area contributed by atoms with Gasteiger partial charge in [-0.25, -0.2) is 4.98 Å². The summed E-state index contributed by atoms with van der Waals surface area (Å²) in [6.07, 6.45) is 0. The number of fused-ring (bicyclic) bond motifs is 6. The van der Waals surface area contributed by atoms with E-state index in [0.29, 0.717) is 0 Å². The molecule has 114 valence electrons. The Bertz CT molecular complexity index is 1150. The summed E-state index contributed by atoms with van der Waals surface area (Å²) < 4.78 is 1.21. The number of aromatic nitrogens is 2. The topological polar surface area (TPSA) is 28.7 Å². The molecule has 0 radical (unpaired) electrons. The van der Waals surface area contributed by atoms with Gasteiger partial charge in [-0.05, 0) is 45.5 Å². The van der Waals surface area contributed by atoms with E-state index >= 15 is 0 Å². The first kappa shape index (κ1) is 14.0. The molecule has 0 aliphatic carbocycles. The van der Waals surface area contributed by atoms with Gasteiger partial charge in [0.25, 0.3) is 0 Å². The quantitative estimate of drug-likeness (QED) is 0.256. The Hall–Kier alpha value is -2.40. The Labute approximate surface area is 152 Å². The number of imidazole rings is 1. The second kappa shape index (κ2) is 5.31. The SMILES string of the molecule is Ic1cccc(-c2nc3c4ccccc4c4ccccc4c3[nH]2)c1. The van der Waals surface area contributed by atoms with Crippen LogP contribution in [0.2, 0.25) is 0 Å². The van der Waals surface area contributed by atoms with E-state index in [-0.39, 0.29) is 0 Å². The molecule has 5 aromatic rings. The number of hydrogen-bond donors (Lipinski definition) is 1. The molecule has 0 unspecified atom stereocenters. The molecule has 2 nitrogen and oxygen atoms in total. The largest absolute Gasteiger partial charge is 0.337 e. The fraction of sp³-hybridized carbons (Fsp3) is 0. The van der Waals surface area contributed by atoms with Gasteiger partial charge in [0.2, 0.25) is 0 Å². The molecule has 1 aromatic heterocycles. The molecule has 0 aliphatic rings. The van der Waals surface area contributed by atoms with Crippen LogP contribution in [0, 0.1) is 3.57 Å². The first-order chi connectivity index (χ1) is 11.8. The number of hydrogen-bond acceptors (Lipinski definition) is 1. The molecular formula is C21H13IN2. The van der Waals surface area contributed by atoms with Crippen LogP contribution in [0.5, 0.6) is 0 Å². The normalized spacial score (nSPS) is 11.5. The van der Waals surface area contributed by atoms with E-state index in [1.165, 1.54) is 25.1 Å². The monoisotopic (exact) mass is 420 g/mol. The van der Waals surface area contributed by atoms with Gasteiger partial charge in [0.1, 0.15) is 5.82 Å².